The van der Waals surface area contributed by atoms with Gasteiger partial charge in [-0.05, 0) is 49.1 Å². The second kappa shape index (κ2) is 4.73. The summed E-state index contributed by atoms with van der Waals surface area (Å²) in [6.45, 7) is 5.07. The molecule has 0 saturated heterocycles. The summed E-state index contributed by atoms with van der Waals surface area (Å²) < 4.78 is 3.77. The van der Waals surface area contributed by atoms with Crippen LogP contribution >= 0.6 is 0 Å². The molecule has 20 heavy (non-hydrogen) atoms. The predicted molar refractivity (Wildman–Crippen MR) is 70.5 cm³/mol. The van der Waals surface area contributed by atoms with Crippen LogP contribution in [0, 0.1) is 19.8 Å². The molecule has 1 N–H and O–H groups in total. The average molecular weight is 275 g/mol. The Morgan fingerprint density at radius 1 is 1.45 bits per heavy atom. The molecule has 2 aromatic heterocycles. The highest BCUT2D eigenvalue weighted by Gasteiger charge is 2.24. The number of nitrogens with zero attached hydrogens (tertiary/aromatic N) is 5. The van der Waals surface area contributed by atoms with E-state index in [4.69, 9.17) is 5.11 Å². The van der Waals surface area contributed by atoms with Crippen LogP contribution in [-0.2, 0) is 13.1 Å². The molecule has 0 amide bonds. The van der Waals surface area contributed by atoms with Gasteiger partial charge in [0.05, 0.1) is 12.1 Å². The van der Waals surface area contributed by atoms with Crippen LogP contribution in [0.3, 0.4) is 0 Å². The highest BCUT2D eigenvalue weighted by Crippen LogP contribution is 2.30. The number of aromatic carboxylic acids is 1. The van der Waals surface area contributed by atoms with E-state index in [1.807, 2.05) is 23.1 Å². The number of aryl methyl sites for hydroxylation is 1. The summed E-state index contributed by atoms with van der Waals surface area (Å²) in [7, 11) is 0. The van der Waals surface area contributed by atoms with Gasteiger partial charge in [0.1, 0.15) is 0 Å². The molecule has 0 atom stereocenters. The van der Waals surface area contributed by atoms with E-state index >= 15 is 0 Å². The SMILES string of the molecule is Cc1cc(C(=O)O)c(C)n1Cc1nnnn1CC1CC1. The fraction of sp³-hybridized carbons (Fsp3) is 0.538. The van der Waals surface area contributed by atoms with Crippen LogP contribution in [0.1, 0.15) is 40.4 Å². The molecule has 0 aliphatic heterocycles. The van der Waals surface area contributed by atoms with Crippen molar-refractivity contribution >= 4 is 5.97 Å². The Balaban J connectivity index is 1.87. The van der Waals surface area contributed by atoms with Crippen LogP contribution in [0.5, 0.6) is 0 Å². The summed E-state index contributed by atoms with van der Waals surface area (Å²) in [5.41, 5.74) is 1.97. The number of carbonyl (C=O) groups is 1. The van der Waals surface area contributed by atoms with Crippen LogP contribution in [0.25, 0.3) is 0 Å². The lowest BCUT2D eigenvalue weighted by atomic mass is 10.2. The minimum atomic E-state index is -0.901. The molecule has 0 aromatic carbocycles. The van der Waals surface area contributed by atoms with Gasteiger partial charge < -0.3 is 9.67 Å². The molecule has 1 fully saturated rings. The Hall–Kier alpha value is -2.18. The van der Waals surface area contributed by atoms with Crippen LogP contribution in [-0.4, -0.2) is 35.9 Å². The lowest BCUT2D eigenvalue weighted by Crippen LogP contribution is -2.13. The van der Waals surface area contributed by atoms with Gasteiger partial charge in [0, 0.05) is 17.9 Å². The van der Waals surface area contributed by atoms with Gasteiger partial charge in [0.15, 0.2) is 5.82 Å². The number of hydrogen-bond donors (Lipinski definition) is 1. The zero-order chi connectivity index (χ0) is 14.3. The summed E-state index contributed by atoms with van der Waals surface area (Å²) in [5, 5.41) is 21.0. The van der Waals surface area contributed by atoms with E-state index in [-0.39, 0.29) is 0 Å². The summed E-state index contributed by atoms with van der Waals surface area (Å²) in [4.78, 5) is 11.2. The molecular weight excluding hydrogens is 258 g/mol. The Labute approximate surface area is 116 Å². The maximum Gasteiger partial charge on any atom is 0.337 e. The van der Waals surface area contributed by atoms with Crippen molar-refractivity contribution in [3.8, 4) is 0 Å². The lowest BCUT2D eigenvalue weighted by molar-refractivity contribution is 0.0696. The normalized spacial score (nSPS) is 14.7. The highest BCUT2D eigenvalue weighted by molar-refractivity contribution is 5.89. The van der Waals surface area contributed by atoms with Gasteiger partial charge >= 0.3 is 5.97 Å². The van der Waals surface area contributed by atoms with Crippen molar-refractivity contribution in [3.63, 3.8) is 0 Å². The van der Waals surface area contributed by atoms with E-state index in [1.54, 1.807) is 6.07 Å². The van der Waals surface area contributed by atoms with Crippen molar-refractivity contribution < 1.29 is 9.90 Å². The number of hydrogen-bond acceptors (Lipinski definition) is 4. The molecule has 106 valence electrons. The maximum absolute atomic E-state index is 11.2. The van der Waals surface area contributed by atoms with Crippen molar-refractivity contribution in [2.45, 2.75) is 39.8 Å². The van der Waals surface area contributed by atoms with Crippen molar-refractivity contribution in [1.29, 1.82) is 0 Å². The third kappa shape index (κ3) is 2.31. The molecule has 2 aromatic rings. The zero-order valence-corrected chi connectivity index (χ0v) is 11.6. The standard InChI is InChI=1S/C13H17N5O2/c1-8-5-11(13(19)20)9(2)17(8)7-12-14-15-16-18(12)6-10-3-4-10/h5,10H,3-4,6-7H2,1-2H3,(H,19,20). The number of carboxylic acids is 1. The number of aromatic nitrogens is 5. The summed E-state index contributed by atoms with van der Waals surface area (Å²) in [6, 6.07) is 1.69. The lowest BCUT2D eigenvalue weighted by Gasteiger charge is -2.09. The molecule has 2 heterocycles. The van der Waals surface area contributed by atoms with Gasteiger partial charge in [-0.3, -0.25) is 0 Å². The molecule has 0 radical (unpaired) electrons. The summed E-state index contributed by atoms with van der Waals surface area (Å²) in [6.07, 6.45) is 2.48. The van der Waals surface area contributed by atoms with Crippen molar-refractivity contribution in [1.82, 2.24) is 24.8 Å². The van der Waals surface area contributed by atoms with E-state index < -0.39 is 5.97 Å². The van der Waals surface area contributed by atoms with Gasteiger partial charge in [0.25, 0.3) is 0 Å². The van der Waals surface area contributed by atoms with Crippen molar-refractivity contribution in [2.24, 2.45) is 5.92 Å². The Kier molecular flexibility index (Phi) is 3.04. The van der Waals surface area contributed by atoms with Crippen LogP contribution in [0.4, 0.5) is 0 Å². The fourth-order valence-electron chi connectivity index (χ4n) is 2.43. The third-order valence-electron chi connectivity index (χ3n) is 3.84. The Bertz CT molecular complexity index is 654. The van der Waals surface area contributed by atoms with Crippen molar-refractivity contribution in [3.05, 3.63) is 28.8 Å². The molecule has 7 heteroatoms. The Morgan fingerprint density at radius 2 is 2.20 bits per heavy atom. The molecule has 1 aliphatic rings. The van der Waals surface area contributed by atoms with E-state index in [0.29, 0.717) is 18.0 Å². The number of rotatable bonds is 5. The smallest absolute Gasteiger partial charge is 0.337 e. The Morgan fingerprint density at radius 3 is 2.80 bits per heavy atom. The molecular formula is C13H17N5O2. The molecule has 0 unspecified atom stereocenters. The second-order valence-electron chi connectivity index (χ2n) is 5.40. The van der Waals surface area contributed by atoms with E-state index in [9.17, 15) is 4.79 Å². The van der Waals surface area contributed by atoms with Gasteiger partial charge in [-0.15, -0.1) is 5.10 Å². The van der Waals surface area contributed by atoms with Crippen molar-refractivity contribution in [2.75, 3.05) is 0 Å². The topological polar surface area (TPSA) is 85.8 Å². The van der Waals surface area contributed by atoms with Gasteiger partial charge in [-0.25, -0.2) is 9.48 Å². The van der Waals surface area contributed by atoms with Crippen LogP contribution in [0.15, 0.2) is 6.07 Å². The van der Waals surface area contributed by atoms with Gasteiger partial charge in [0.2, 0.25) is 0 Å². The maximum atomic E-state index is 11.2. The first-order chi connectivity index (χ1) is 9.56. The van der Waals surface area contributed by atoms with Gasteiger partial charge in [-0.1, -0.05) is 0 Å². The van der Waals surface area contributed by atoms with E-state index in [1.165, 1.54) is 12.8 Å². The quantitative estimate of drug-likeness (QED) is 0.887. The fourth-order valence-corrected chi connectivity index (χ4v) is 2.43. The summed E-state index contributed by atoms with van der Waals surface area (Å²) in [5.74, 6) is 0.566. The van der Waals surface area contributed by atoms with Crippen LogP contribution < -0.4 is 0 Å². The summed E-state index contributed by atoms with van der Waals surface area (Å²) >= 11 is 0. The first kappa shape index (κ1) is 12.8. The average Bonchev–Trinajstić information content (AvgIpc) is 3.03. The van der Waals surface area contributed by atoms with E-state index in [2.05, 4.69) is 15.5 Å². The minimum absolute atomic E-state index is 0.337. The molecule has 7 nitrogen and oxygen atoms in total. The molecule has 1 aliphatic carbocycles. The second-order valence-corrected chi connectivity index (χ2v) is 5.40. The number of carboxylic acid groups (broad SMARTS) is 1. The molecule has 3 rings (SSSR count). The molecule has 0 spiro atoms. The zero-order valence-electron chi connectivity index (χ0n) is 11.6. The first-order valence-electron chi connectivity index (χ1n) is 6.71. The third-order valence-corrected chi connectivity index (χ3v) is 3.84. The highest BCUT2D eigenvalue weighted by atomic mass is 16.4. The first-order valence-corrected chi connectivity index (χ1v) is 6.71. The molecule has 1 saturated carbocycles. The monoisotopic (exact) mass is 275 g/mol. The van der Waals surface area contributed by atoms with E-state index in [0.717, 1.165) is 23.8 Å². The van der Waals surface area contributed by atoms with Gasteiger partial charge in [-0.2, -0.15) is 0 Å². The predicted octanol–water partition coefficient (Wildman–Crippen LogP) is 1.25. The minimum Gasteiger partial charge on any atom is -0.478 e. The largest absolute Gasteiger partial charge is 0.478 e. The number of tetrazole rings is 1. The molecule has 0 bridgehead atoms. The van der Waals surface area contributed by atoms with Crippen LogP contribution in [0.2, 0.25) is 0 Å².